The molecule has 1 aromatic carbocycles. The topological polar surface area (TPSA) is 65.6 Å². The maximum absolute atomic E-state index is 10.9. The number of aliphatic hydroxyl groups is 2. The molecule has 5 nitrogen and oxygen atoms in total. The normalized spacial score (nSPS) is 11.6. The minimum atomic E-state index is -0.107. The molecular weight excluding hydrogens is 380 g/mol. The third kappa shape index (κ3) is 4.51. The summed E-state index contributed by atoms with van der Waals surface area (Å²) < 4.78 is 6.95. The number of nitrogens with zero attached hydrogens (tertiary/aromatic N) is 1. The Kier molecular flexibility index (Phi) is 6.18. The highest BCUT2D eigenvalue weighted by atomic mass is 32.1. The minimum Gasteiger partial charge on any atom is -0.501 e. The van der Waals surface area contributed by atoms with Gasteiger partial charge >= 0.3 is 0 Å². The first-order chi connectivity index (χ1) is 13.1. The van der Waals surface area contributed by atoms with Gasteiger partial charge in [-0.1, -0.05) is 24.4 Å². The molecule has 0 aliphatic carbocycles. The van der Waals surface area contributed by atoms with Gasteiger partial charge in [0.15, 0.2) is 17.4 Å². The number of rotatable bonds is 6. The van der Waals surface area contributed by atoms with E-state index in [0.717, 1.165) is 5.69 Å². The lowest BCUT2D eigenvalue weighted by Gasteiger charge is -2.10. The average molecular weight is 400 g/mol. The number of thiophene rings is 1. The highest BCUT2D eigenvalue weighted by Gasteiger charge is 2.24. The zero-order valence-electron chi connectivity index (χ0n) is 14.6. The average Bonchev–Trinajstić information content (AvgIpc) is 3.23. The molecule has 27 heavy (non-hydrogen) atoms. The van der Waals surface area contributed by atoms with Gasteiger partial charge in [0.25, 0.3) is 5.70 Å². The third-order valence-corrected chi connectivity index (χ3v) is 5.00. The second-order valence-corrected chi connectivity index (χ2v) is 6.99. The Hall–Kier alpha value is -2.74. The van der Waals surface area contributed by atoms with E-state index in [1.807, 2.05) is 41.8 Å². The maximum Gasteiger partial charge on any atom is 0.289 e. The molecule has 0 fully saturated rings. The summed E-state index contributed by atoms with van der Waals surface area (Å²) in [6, 6.07) is 14.7. The molecule has 0 atom stereocenters. The molecule has 0 unspecified atom stereocenters. The van der Waals surface area contributed by atoms with Gasteiger partial charge in [0.1, 0.15) is 5.75 Å². The van der Waals surface area contributed by atoms with Crippen LogP contribution in [-0.2, 0) is 6.61 Å². The summed E-state index contributed by atoms with van der Waals surface area (Å²) in [5.41, 5.74) is 1.87. The molecule has 2 aromatic heterocycles. The zero-order chi connectivity index (χ0) is 19.2. The lowest BCUT2D eigenvalue weighted by atomic mass is 10.2. The number of aliphatic hydroxyl groups excluding tert-OH is 2. The summed E-state index contributed by atoms with van der Waals surface area (Å²) in [5, 5.41) is 25.4. The van der Waals surface area contributed by atoms with Crippen LogP contribution in [0.1, 0.15) is 10.4 Å². The monoisotopic (exact) mass is 399 g/mol. The number of aromatic nitrogens is 1. The van der Waals surface area contributed by atoms with E-state index >= 15 is 0 Å². The van der Waals surface area contributed by atoms with Crippen molar-refractivity contribution in [3.8, 4) is 5.75 Å². The number of hydrogen-bond acceptors (Lipinski definition) is 5. The zero-order valence-corrected chi connectivity index (χ0v) is 16.3. The van der Waals surface area contributed by atoms with Crippen molar-refractivity contribution in [2.45, 2.75) is 6.61 Å². The van der Waals surface area contributed by atoms with Crippen molar-refractivity contribution >= 4 is 45.7 Å². The fraction of sp³-hybridized carbons (Fsp3) is 0.100. The van der Waals surface area contributed by atoms with E-state index < -0.39 is 0 Å². The molecule has 0 saturated carbocycles. The lowest BCUT2D eigenvalue weighted by Crippen LogP contribution is -2.38. The molecule has 0 spiro atoms. The highest BCUT2D eigenvalue weighted by Crippen LogP contribution is 2.24. The maximum atomic E-state index is 10.9. The van der Waals surface area contributed by atoms with Crippen LogP contribution in [0.2, 0.25) is 0 Å². The highest BCUT2D eigenvalue weighted by molar-refractivity contribution is 7.81. The minimum absolute atomic E-state index is 0.0606. The molecule has 0 bridgehead atoms. The Bertz CT molecular complexity index is 969. The predicted molar refractivity (Wildman–Crippen MR) is 112 cm³/mol. The van der Waals surface area contributed by atoms with Gasteiger partial charge in [-0.3, -0.25) is 0 Å². The van der Waals surface area contributed by atoms with Crippen molar-refractivity contribution in [2.75, 3.05) is 12.4 Å². The molecule has 0 aliphatic rings. The van der Waals surface area contributed by atoms with Crippen LogP contribution in [0, 0.1) is 0 Å². The Balaban J connectivity index is 2.03. The van der Waals surface area contributed by atoms with Crippen LogP contribution in [0.25, 0.3) is 11.5 Å². The first-order valence-electron chi connectivity index (χ1n) is 8.16. The van der Waals surface area contributed by atoms with E-state index in [0.29, 0.717) is 26.9 Å². The quantitative estimate of drug-likeness (QED) is 0.254. The predicted octanol–water partition coefficient (Wildman–Crippen LogP) is 3.86. The summed E-state index contributed by atoms with van der Waals surface area (Å²) in [6.07, 6.45) is 3.51. The van der Waals surface area contributed by atoms with Gasteiger partial charge in [-0.25, -0.2) is 0 Å². The van der Waals surface area contributed by atoms with Gasteiger partial charge in [0.05, 0.1) is 18.6 Å². The number of ether oxygens (including phenoxy) is 1. The van der Waals surface area contributed by atoms with E-state index in [2.05, 4.69) is 5.32 Å². The first kappa shape index (κ1) is 19.0. The second kappa shape index (κ2) is 8.77. The SMILES string of the molecule is COc1cccc(NC(=S)/C(=C(/O)c2cccs2)[n+]2cccc(CO)c2)c1. The Morgan fingerprint density at radius 3 is 2.78 bits per heavy atom. The number of methoxy groups -OCH3 is 1. The molecule has 0 radical (unpaired) electrons. The van der Waals surface area contributed by atoms with E-state index in [-0.39, 0.29) is 12.4 Å². The largest absolute Gasteiger partial charge is 0.501 e. The van der Waals surface area contributed by atoms with Crippen molar-refractivity contribution < 1.29 is 19.5 Å². The van der Waals surface area contributed by atoms with Gasteiger partial charge < -0.3 is 20.3 Å². The molecule has 3 N–H and O–H groups in total. The van der Waals surface area contributed by atoms with Crippen molar-refractivity contribution in [2.24, 2.45) is 0 Å². The Morgan fingerprint density at radius 2 is 2.07 bits per heavy atom. The molecule has 3 rings (SSSR count). The van der Waals surface area contributed by atoms with E-state index in [1.165, 1.54) is 11.3 Å². The van der Waals surface area contributed by atoms with Crippen LogP contribution in [0.3, 0.4) is 0 Å². The van der Waals surface area contributed by atoms with E-state index in [1.54, 1.807) is 36.2 Å². The van der Waals surface area contributed by atoms with Crippen LogP contribution >= 0.6 is 23.6 Å². The van der Waals surface area contributed by atoms with Crippen LogP contribution in [0.4, 0.5) is 5.69 Å². The molecule has 0 amide bonds. The summed E-state index contributed by atoms with van der Waals surface area (Å²) in [5.74, 6) is 0.760. The number of benzene rings is 1. The summed E-state index contributed by atoms with van der Waals surface area (Å²) in [4.78, 5) is 1.04. The molecule has 0 saturated heterocycles. The van der Waals surface area contributed by atoms with Gasteiger partial charge in [0, 0.05) is 23.4 Å². The number of anilines is 1. The second-order valence-electron chi connectivity index (χ2n) is 5.64. The van der Waals surface area contributed by atoms with Gasteiger partial charge in [-0.2, -0.15) is 4.57 Å². The molecule has 3 aromatic rings. The summed E-state index contributed by atoms with van der Waals surface area (Å²) >= 11 is 7.02. The van der Waals surface area contributed by atoms with Crippen LogP contribution in [-0.4, -0.2) is 22.3 Å². The first-order valence-corrected chi connectivity index (χ1v) is 9.45. The fourth-order valence-corrected chi connectivity index (χ4v) is 3.51. The van der Waals surface area contributed by atoms with Crippen molar-refractivity contribution in [1.82, 2.24) is 0 Å². The van der Waals surface area contributed by atoms with Gasteiger partial charge in [-0.15, -0.1) is 11.3 Å². The third-order valence-electron chi connectivity index (χ3n) is 3.82. The number of hydrogen-bond donors (Lipinski definition) is 3. The van der Waals surface area contributed by atoms with Crippen LogP contribution in [0.5, 0.6) is 5.75 Å². The standard InChI is InChI=1S/C20H18N2O3S2/c1-25-16-7-2-6-15(11-16)21-20(26)18(19(24)17-8-4-10-27-17)22-9-3-5-14(12-22)13-23/h2-12,23H,13H2,1H3,(H-,21,24,26)/p+1. The number of thiocarbonyl (C=S) groups is 1. The van der Waals surface area contributed by atoms with E-state index in [9.17, 15) is 10.2 Å². The molecule has 2 heterocycles. The summed E-state index contributed by atoms with van der Waals surface area (Å²) in [7, 11) is 1.60. The Labute approximate surface area is 166 Å². The molecular formula is C20H19N2O3S2+. The van der Waals surface area contributed by atoms with Gasteiger partial charge in [-0.05, 0) is 29.6 Å². The smallest absolute Gasteiger partial charge is 0.289 e. The van der Waals surface area contributed by atoms with Crippen LogP contribution < -0.4 is 14.6 Å². The molecule has 7 heteroatoms. The Morgan fingerprint density at radius 1 is 1.22 bits per heavy atom. The number of pyridine rings is 1. The molecule has 138 valence electrons. The van der Waals surface area contributed by atoms with Crippen molar-refractivity contribution in [3.05, 3.63) is 76.7 Å². The van der Waals surface area contributed by atoms with Crippen LogP contribution in [0.15, 0.2) is 66.3 Å². The van der Waals surface area contributed by atoms with Crippen molar-refractivity contribution in [3.63, 3.8) is 0 Å². The summed E-state index contributed by atoms with van der Waals surface area (Å²) in [6.45, 7) is -0.107. The lowest BCUT2D eigenvalue weighted by molar-refractivity contribution is -0.576. The van der Waals surface area contributed by atoms with E-state index in [4.69, 9.17) is 17.0 Å². The van der Waals surface area contributed by atoms with Crippen molar-refractivity contribution in [1.29, 1.82) is 0 Å². The number of nitrogens with one attached hydrogen (secondary N) is 1. The molecule has 0 aliphatic heterocycles. The fourth-order valence-electron chi connectivity index (χ4n) is 2.52. The van der Waals surface area contributed by atoms with Gasteiger partial charge in [0.2, 0.25) is 5.76 Å².